The van der Waals surface area contributed by atoms with Gasteiger partial charge < -0.3 is 16.8 Å². The van der Waals surface area contributed by atoms with Gasteiger partial charge in [-0.05, 0) is 36.8 Å². The van der Waals surface area contributed by atoms with Gasteiger partial charge in [0.05, 0.1) is 0 Å². The third-order valence-electron chi connectivity index (χ3n) is 2.39. The summed E-state index contributed by atoms with van der Waals surface area (Å²) in [5.41, 5.74) is 13.6. The van der Waals surface area contributed by atoms with Gasteiger partial charge in [-0.1, -0.05) is 6.07 Å². The predicted octanol–water partition coefficient (Wildman–Crippen LogP) is 1.81. The largest absolute Gasteiger partial charge is 0.399 e. The number of pyridine rings is 1. The molecule has 0 bridgehead atoms. The molecule has 0 saturated heterocycles. The number of benzene rings is 1. The van der Waals surface area contributed by atoms with E-state index in [9.17, 15) is 4.79 Å². The summed E-state index contributed by atoms with van der Waals surface area (Å²) in [6.45, 7) is 1.93. The van der Waals surface area contributed by atoms with Crippen LogP contribution in [0.5, 0.6) is 0 Å². The molecule has 0 aliphatic rings. The van der Waals surface area contributed by atoms with Crippen molar-refractivity contribution in [3.05, 3.63) is 47.7 Å². The number of carbonyl (C=O) groups excluding carboxylic acids is 1. The van der Waals surface area contributed by atoms with Crippen LogP contribution in [-0.2, 0) is 0 Å². The van der Waals surface area contributed by atoms with E-state index in [4.69, 9.17) is 11.5 Å². The Bertz CT molecular complexity index is 558. The summed E-state index contributed by atoms with van der Waals surface area (Å²) in [6.07, 6.45) is 1.68. The summed E-state index contributed by atoms with van der Waals surface area (Å²) in [7, 11) is 0. The third kappa shape index (κ3) is 2.76. The highest BCUT2D eigenvalue weighted by atomic mass is 16.1. The minimum Gasteiger partial charge on any atom is -0.399 e. The average molecular weight is 242 g/mol. The predicted molar refractivity (Wildman–Crippen MR) is 72.2 cm³/mol. The molecule has 5 nitrogen and oxygen atoms in total. The molecule has 2 aromatic rings. The van der Waals surface area contributed by atoms with Crippen LogP contribution in [0.1, 0.15) is 15.9 Å². The molecule has 92 valence electrons. The van der Waals surface area contributed by atoms with Gasteiger partial charge in [-0.2, -0.15) is 0 Å². The van der Waals surface area contributed by atoms with Gasteiger partial charge in [0, 0.05) is 23.1 Å². The quantitative estimate of drug-likeness (QED) is 0.700. The number of nitrogens with two attached hydrogens (primary N) is 2. The van der Waals surface area contributed by atoms with Crippen molar-refractivity contribution in [1.29, 1.82) is 0 Å². The van der Waals surface area contributed by atoms with Gasteiger partial charge in [0.25, 0.3) is 5.91 Å². The van der Waals surface area contributed by atoms with E-state index in [1.54, 1.807) is 30.5 Å². The highest BCUT2D eigenvalue weighted by molar-refractivity contribution is 6.04. The van der Waals surface area contributed by atoms with Gasteiger partial charge in [-0.15, -0.1) is 0 Å². The minimum absolute atomic E-state index is 0.287. The second-order valence-corrected chi connectivity index (χ2v) is 4.06. The average Bonchev–Trinajstić information content (AvgIpc) is 2.31. The molecule has 5 N–H and O–H groups in total. The van der Waals surface area contributed by atoms with Gasteiger partial charge in [0.2, 0.25) is 0 Å². The lowest BCUT2D eigenvalue weighted by Crippen LogP contribution is -2.13. The summed E-state index contributed by atoms with van der Waals surface area (Å²) in [6, 6.07) is 8.35. The van der Waals surface area contributed by atoms with Crippen LogP contribution in [0.25, 0.3) is 0 Å². The molecular weight excluding hydrogens is 228 g/mol. The molecule has 5 heteroatoms. The molecule has 0 spiro atoms. The molecule has 18 heavy (non-hydrogen) atoms. The lowest BCUT2D eigenvalue weighted by Gasteiger charge is -2.06. The smallest absolute Gasteiger partial charge is 0.256 e. The highest BCUT2D eigenvalue weighted by Crippen LogP contribution is 2.15. The number of nitrogen functional groups attached to an aromatic ring is 2. The molecule has 1 amide bonds. The maximum Gasteiger partial charge on any atom is 0.256 e. The fourth-order valence-corrected chi connectivity index (χ4v) is 1.54. The van der Waals surface area contributed by atoms with E-state index in [0.29, 0.717) is 22.8 Å². The van der Waals surface area contributed by atoms with Gasteiger partial charge in [0.15, 0.2) is 0 Å². The number of nitrogens with zero attached hydrogens (tertiary/aromatic N) is 1. The molecule has 0 saturated carbocycles. The molecule has 0 aliphatic carbocycles. The normalized spacial score (nSPS) is 10.1. The first kappa shape index (κ1) is 11.9. The molecular formula is C13H14N4O. The minimum atomic E-state index is -0.287. The van der Waals surface area contributed by atoms with E-state index >= 15 is 0 Å². The number of aryl methyl sites for hydroxylation is 1. The Morgan fingerprint density at radius 3 is 2.39 bits per heavy atom. The monoisotopic (exact) mass is 242 g/mol. The molecule has 0 radical (unpaired) electrons. The van der Waals surface area contributed by atoms with Crippen LogP contribution >= 0.6 is 0 Å². The van der Waals surface area contributed by atoms with Crippen molar-refractivity contribution >= 4 is 23.1 Å². The summed E-state index contributed by atoms with van der Waals surface area (Å²) in [5, 5.41) is 2.68. The van der Waals surface area contributed by atoms with Crippen LogP contribution in [0, 0.1) is 6.92 Å². The van der Waals surface area contributed by atoms with Gasteiger partial charge in [-0.3, -0.25) is 4.79 Å². The van der Waals surface area contributed by atoms with Crippen LogP contribution in [0.4, 0.5) is 17.2 Å². The molecule has 1 aromatic heterocycles. The zero-order valence-electron chi connectivity index (χ0n) is 9.97. The van der Waals surface area contributed by atoms with Crippen LogP contribution in [-0.4, -0.2) is 10.9 Å². The fraction of sp³-hybridized carbons (Fsp3) is 0.0769. The van der Waals surface area contributed by atoms with Crippen LogP contribution in [0.2, 0.25) is 0 Å². The maximum atomic E-state index is 11.9. The lowest BCUT2D eigenvalue weighted by atomic mass is 10.1. The Labute approximate surface area is 105 Å². The molecule has 0 aliphatic heterocycles. The van der Waals surface area contributed by atoms with E-state index in [-0.39, 0.29) is 5.91 Å². The molecule has 1 heterocycles. The van der Waals surface area contributed by atoms with Gasteiger partial charge in [-0.25, -0.2) is 4.98 Å². The zero-order chi connectivity index (χ0) is 13.1. The van der Waals surface area contributed by atoms with Crippen molar-refractivity contribution in [2.75, 3.05) is 16.8 Å². The van der Waals surface area contributed by atoms with Crippen molar-refractivity contribution < 1.29 is 4.79 Å². The van der Waals surface area contributed by atoms with E-state index in [1.807, 2.05) is 13.0 Å². The Balaban J connectivity index is 2.19. The topological polar surface area (TPSA) is 94.0 Å². The van der Waals surface area contributed by atoms with E-state index < -0.39 is 0 Å². The molecule has 0 atom stereocenters. The number of amides is 1. The van der Waals surface area contributed by atoms with Gasteiger partial charge in [0.1, 0.15) is 5.82 Å². The fourth-order valence-electron chi connectivity index (χ4n) is 1.54. The Kier molecular flexibility index (Phi) is 3.14. The maximum absolute atomic E-state index is 11.9. The first-order valence-electron chi connectivity index (χ1n) is 5.44. The van der Waals surface area contributed by atoms with Crippen molar-refractivity contribution in [3.8, 4) is 0 Å². The SMILES string of the molecule is Cc1ccc(NC(=O)c2cc(N)cc(N)c2)nc1. The van der Waals surface area contributed by atoms with Crippen molar-refractivity contribution in [1.82, 2.24) is 4.98 Å². The second kappa shape index (κ2) is 4.75. The van der Waals surface area contributed by atoms with Crippen molar-refractivity contribution in [3.63, 3.8) is 0 Å². The standard InChI is InChI=1S/C13H14N4O/c1-8-2-3-12(16-7-8)17-13(18)9-4-10(14)6-11(15)5-9/h2-7H,14-15H2,1H3,(H,16,17,18). The molecule has 0 unspecified atom stereocenters. The first-order chi connectivity index (χ1) is 8.54. The van der Waals surface area contributed by atoms with Crippen molar-refractivity contribution in [2.24, 2.45) is 0 Å². The van der Waals surface area contributed by atoms with Crippen LogP contribution < -0.4 is 16.8 Å². The number of nitrogens with one attached hydrogen (secondary N) is 1. The zero-order valence-corrected chi connectivity index (χ0v) is 9.97. The van der Waals surface area contributed by atoms with Crippen LogP contribution in [0.15, 0.2) is 36.5 Å². The number of anilines is 3. The Hall–Kier alpha value is -2.56. The molecule has 1 aromatic carbocycles. The Morgan fingerprint density at radius 1 is 1.17 bits per heavy atom. The number of rotatable bonds is 2. The summed E-state index contributed by atoms with van der Waals surface area (Å²) in [4.78, 5) is 16.0. The Morgan fingerprint density at radius 2 is 1.83 bits per heavy atom. The van der Waals surface area contributed by atoms with E-state index in [2.05, 4.69) is 10.3 Å². The van der Waals surface area contributed by atoms with Crippen LogP contribution in [0.3, 0.4) is 0 Å². The first-order valence-corrected chi connectivity index (χ1v) is 5.44. The van der Waals surface area contributed by atoms with Crippen molar-refractivity contribution in [2.45, 2.75) is 6.92 Å². The molecule has 2 rings (SSSR count). The van der Waals surface area contributed by atoms with Gasteiger partial charge >= 0.3 is 0 Å². The molecule has 0 fully saturated rings. The third-order valence-corrected chi connectivity index (χ3v) is 2.39. The number of hydrogen-bond donors (Lipinski definition) is 3. The lowest BCUT2D eigenvalue weighted by molar-refractivity contribution is 0.102. The van der Waals surface area contributed by atoms with E-state index in [1.165, 1.54) is 0 Å². The number of aromatic nitrogens is 1. The summed E-state index contributed by atoms with van der Waals surface area (Å²) >= 11 is 0. The number of hydrogen-bond acceptors (Lipinski definition) is 4. The summed E-state index contributed by atoms with van der Waals surface area (Å²) in [5.74, 6) is 0.206. The highest BCUT2D eigenvalue weighted by Gasteiger charge is 2.08. The van der Waals surface area contributed by atoms with E-state index in [0.717, 1.165) is 5.56 Å². The number of carbonyl (C=O) groups is 1. The summed E-state index contributed by atoms with van der Waals surface area (Å²) < 4.78 is 0. The second-order valence-electron chi connectivity index (χ2n) is 4.06.